The maximum atomic E-state index is 11.1. The summed E-state index contributed by atoms with van der Waals surface area (Å²) in [7, 11) is 0. The Kier molecular flexibility index (Phi) is 1.26. The molecule has 1 aliphatic carbocycles. The lowest BCUT2D eigenvalue weighted by Gasteiger charge is -1.98. The van der Waals surface area contributed by atoms with Gasteiger partial charge in [0.15, 0.2) is 5.78 Å². The number of aliphatic hydroxyl groups excluding tert-OH is 1. The Hall–Kier alpha value is -1.22. The van der Waals surface area contributed by atoms with Crippen LogP contribution in [0.15, 0.2) is 18.3 Å². The molecule has 1 unspecified atom stereocenters. The number of carbonyl (C=O) groups excluding carboxylic acids is 1. The SMILES string of the molecule is O=C1CC(O)c2cccnc21. The predicted octanol–water partition coefficient (Wildman–Crippen LogP) is 0.701. The molecule has 11 heavy (non-hydrogen) atoms. The van der Waals surface area contributed by atoms with Gasteiger partial charge in [-0.3, -0.25) is 9.78 Å². The lowest BCUT2D eigenvalue weighted by atomic mass is 10.2. The van der Waals surface area contributed by atoms with Gasteiger partial charge in [-0.1, -0.05) is 6.07 Å². The van der Waals surface area contributed by atoms with Gasteiger partial charge < -0.3 is 5.11 Å². The topological polar surface area (TPSA) is 50.2 Å². The first-order valence-corrected chi connectivity index (χ1v) is 3.45. The van der Waals surface area contributed by atoms with Crippen LogP contribution in [0, 0.1) is 0 Å². The van der Waals surface area contributed by atoms with Crippen molar-refractivity contribution >= 4 is 5.78 Å². The minimum absolute atomic E-state index is 0.0619. The van der Waals surface area contributed by atoms with Crippen LogP contribution in [-0.4, -0.2) is 15.9 Å². The number of fused-ring (bicyclic) bond motifs is 1. The van der Waals surface area contributed by atoms with E-state index >= 15 is 0 Å². The second-order valence-electron chi connectivity index (χ2n) is 2.58. The van der Waals surface area contributed by atoms with Gasteiger partial charge in [-0.05, 0) is 6.07 Å². The van der Waals surface area contributed by atoms with Crippen LogP contribution < -0.4 is 0 Å². The fraction of sp³-hybridized carbons (Fsp3) is 0.250. The van der Waals surface area contributed by atoms with Crippen LogP contribution >= 0.6 is 0 Å². The molecule has 56 valence electrons. The van der Waals surface area contributed by atoms with Crippen molar-refractivity contribution in [2.45, 2.75) is 12.5 Å². The first-order valence-electron chi connectivity index (χ1n) is 3.45. The van der Waals surface area contributed by atoms with E-state index in [-0.39, 0.29) is 12.2 Å². The van der Waals surface area contributed by atoms with Crippen molar-refractivity contribution in [2.24, 2.45) is 0 Å². The fourth-order valence-electron chi connectivity index (χ4n) is 1.30. The van der Waals surface area contributed by atoms with Crippen molar-refractivity contribution in [1.29, 1.82) is 0 Å². The van der Waals surface area contributed by atoms with E-state index in [4.69, 9.17) is 0 Å². The summed E-state index contributed by atoms with van der Waals surface area (Å²) in [5.41, 5.74) is 1.09. The summed E-state index contributed by atoms with van der Waals surface area (Å²) in [6.45, 7) is 0. The number of aliphatic hydroxyl groups is 1. The number of Topliss-reactive ketones (excluding diaryl/α,β-unsaturated/α-hetero) is 1. The van der Waals surface area contributed by atoms with E-state index in [0.717, 1.165) is 0 Å². The summed E-state index contributed by atoms with van der Waals surface area (Å²) in [5.74, 6) is -0.0619. The van der Waals surface area contributed by atoms with Crippen molar-refractivity contribution in [2.75, 3.05) is 0 Å². The zero-order valence-electron chi connectivity index (χ0n) is 5.82. The normalized spacial score (nSPS) is 21.9. The molecule has 3 heteroatoms. The summed E-state index contributed by atoms with van der Waals surface area (Å²) in [4.78, 5) is 14.9. The highest BCUT2D eigenvalue weighted by atomic mass is 16.3. The summed E-state index contributed by atoms with van der Waals surface area (Å²) >= 11 is 0. The van der Waals surface area contributed by atoms with Gasteiger partial charge >= 0.3 is 0 Å². The summed E-state index contributed by atoms with van der Waals surface area (Å²) in [5, 5.41) is 9.29. The molecule has 0 amide bonds. The van der Waals surface area contributed by atoms with E-state index in [1.54, 1.807) is 18.3 Å². The van der Waals surface area contributed by atoms with Gasteiger partial charge in [0.2, 0.25) is 0 Å². The van der Waals surface area contributed by atoms with E-state index in [0.29, 0.717) is 11.3 Å². The van der Waals surface area contributed by atoms with Crippen LogP contribution in [0.2, 0.25) is 0 Å². The van der Waals surface area contributed by atoms with Gasteiger partial charge in [0.1, 0.15) is 5.69 Å². The largest absolute Gasteiger partial charge is 0.388 e. The van der Waals surface area contributed by atoms with Gasteiger partial charge in [0, 0.05) is 18.2 Å². The van der Waals surface area contributed by atoms with Crippen LogP contribution in [0.4, 0.5) is 0 Å². The Morgan fingerprint density at radius 3 is 3.18 bits per heavy atom. The number of nitrogens with zero attached hydrogens (tertiary/aromatic N) is 1. The zero-order valence-corrected chi connectivity index (χ0v) is 5.82. The van der Waals surface area contributed by atoms with Gasteiger partial charge in [0.25, 0.3) is 0 Å². The lowest BCUT2D eigenvalue weighted by Crippen LogP contribution is -1.93. The van der Waals surface area contributed by atoms with E-state index < -0.39 is 6.10 Å². The van der Waals surface area contributed by atoms with Crippen LogP contribution in [0.3, 0.4) is 0 Å². The van der Waals surface area contributed by atoms with Gasteiger partial charge in [0.05, 0.1) is 6.10 Å². The molecule has 0 aliphatic heterocycles. The molecule has 0 spiro atoms. The van der Waals surface area contributed by atoms with E-state index in [9.17, 15) is 9.90 Å². The van der Waals surface area contributed by atoms with Crippen molar-refractivity contribution in [3.63, 3.8) is 0 Å². The first kappa shape index (κ1) is 6.49. The Morgan fingerprint density at radius 2 is 2.45 bits per heavy atom. The molecular weight excluding hydrogens is 142 g/mol. The molecule has 1 aromatic heterocycles. The number of hydrogen-bond donors (Lipinski definition) is 1. The maximum absolute atomic E-state index is 11.1. The van der Waals surface area contributed by atoms with Crippen molar-refractivity contribution < 1.29 is 9.90 Å². The van der Waals surface area contributed by atoms with Crippen molar-refractivity contribution in [3.8, 4) is 0 Å². The van der Waals surface area contributed by atoms with Crippen LogP contribution in [0.25, 0.3) is 0 Å². The Bertz CT molecular complexity index is 309. The number of hydrogen-bond acceptors (Lipinski definition) is 3. The van der Waals surface area contributed by atoms with Crippen LogP contribution in [-0.2, 0) is 0 Å². The fourth-order valence-corrected chi connectivity index (χ4v) is 1.30. The predicted molar refractivity (Wildman–Crippen MR) is 38.1 cm³/mol. The molecule has 1 atom stereocenters. The molecule has 0 radical (unpaired) electrons. The minimum atomic E-state index is -0.633. The Labute approximate surface area is 63.7 Å². The van der Waals surface area contributed by atoms with E-state index in [1.807, 2.05) is 0 Å². The number of aromatic nitrogens is 1. The van der Waals surface area contributed by atoms with Gasteiger partial charge in [-0.2, -0.15) is 0 Å². The van der Waals surface area contributed by atoms with Crippen LogP contribution in [0.5, 0.6) is 0 Å². The molecule has 0 saturated heterocycles. The number of ketones is 1. The molecule has 1 N–H and O–H groups in total. The molecule has 0 aromatic carbocycles. The third-order valence-corrected chi connectivity index (χ3v) is 1.84. The second kappa shape index (κ2) is 2.13. The molecule has 1 aliphatic rings. The third-order valence-electron chi connectivity index (χ3n) is 1.84. The molecule has 1 heterocycles. The minimum Gasteiger partial charge on any atom is -0.388 e. The molecule has 3 nitrogen and oxygen atoms in total. The summed E-state index contributed by atoms with van der Waals surface area (Å²) in [6.07, 6.45) is 1.12. The number of carbonyl (C=O) groups is 1. The van der Waals surface area contributed by atoms with Gasteiger partial charge in [-0.15, -0.1) is 0 Å². The average Bonchev–Trinajstić information content (AvgIpc) is 2.30. The summed E-state index contributed by atoms with van der Waals surface area (Å²) in [6, 6.07) is 3.46. The Morgan fingerprint density at radius 1 is 1.64 bits per heavy atom. The molecular formula is C8H7NO2. The molecule has 0 bridgehead atoms. The first-order chi connectivity index (χ1) is 5.29. The Balaban J connectivity index is 2.60. The molecule has 0 saturated carbocycles. The molecule has 1 aromatic rings. The van der Waals surface area contributed by atoms with E-state index in [2.05, 4.69) is 4.98 Å². The second-order valence-corrected chi connectivity index (χ2v) is 2.58. The number of rotatable bonds is 0. The zero-order chi connectivity index (χ0) is 7.84. The van der Waals surface area contributed by atoms with Crippen molar-refractivity contribution in [3.05, 3.63) is 29.6 Å². The summed E-state index contributed by atoms with van der Waals surface area (Å²) < 4.78 is 0. The number of pyridine rings is 1. The highest BCUT2D eigenvalue weighted by Crippen LogP contribution is 2.28. The lowest BCUT2D eigenvalue weighted by molar-refractivity contribution is 0.0927. The standard InChI is InChI=1S/C8H7NO2/c10-6-4-7(11)8-5(6)2-1-3-9-8/h1-3,6,10H,4H2. The van der Waals surface area contributed by atoms with Gasteiger partial charge in [-0.25, -0.2) is 0 Å². The quantitative estimate of drug-likeness (QED) is 0.590. The third kappa shape index (κ3) is 0.851. The van der Waals surface area contributed by atoms with Crippen molar-refractivity contribution in [1.82, 2.24) is 4.98 Å². The average molecular weight is 149 g/mol. The smallest absolute Gasteiger partial charge is 0.184 e. The highest BCUT2D eigenvalue weighted by Gasteiger charge is 2.28. The maximum Gasteiger partial charge on any atom is 0.184 e. The molecule has 2 rings (SSSR count). The van der Waals surface area contributed by atoms with Crippen LogP contribution in [0.1, 0.15) is 28.6 Å². The molecule has 0 fully saturated rings. The highest BCUT2D eigenvalue weighted by molar-refractivity contribution is 5.99. The monoisotopic (exact) mass is 149 g/mol. The van der Waals surface area contributed by atoms with E-state index in [1.165, 1.54) is 0 Å².